The van der Waals surface area contributed by atoms with E-state index in [1.165, 1.54) is 0 Å². The summed E-state index contributed by atoms with van der Waals surface area (Å²) in [6.07, 6.45) is 0. The number of benzene rings is 2. The van der Waals surface area contributed by atoms with Crippen molar-refractivity contribution in [1.29, 1.82) is 0 Å². The van der Waals surface area contributed by atoms with Crippen molar-refractivity contribution < 1.29 is 4.74 Å². The van der Waals surface area contributed by atoms with Gasteiger partial charge >= 0.3 is 0 Å². The van der Waals surface area contributed by atoms with Crippen LogP contribution < -0.4 is 4.74 Å². The van der Waals surface area contributed by atoms with Crippen LogP contribution in [0.3, 0.4) is 0 Å². The van der Waals surface area contributed by atoms with Crippen LogP contribution in [0, 0.1) is 0 Å². The average Bonchev–Trinajstić information content (AvgIpc) is 2.93. The van der Waals surface area contributed by atoms with Gasteiger partial charge in [-0.25, -0.2) is 0 Å². The highest BCUT2D eigenvalue weighted by atomic mass is 35.5. The Hall–Kier alpha value is -2.33. The van der Waals surface area contributed by atoms with E-state index in [4.69, 9.17) is 21.3 Å². The molecule has 0 amide bonds. The standard InChI is InChI=1S/C17H14ClN3O/c1-22-13-6-7-14-15(10-13)20-21-9-8-19-16(17(14)21)11-2-4-12(18)5-3-11/h2-7,10H,8-9H2,1H3. The van der Waals surface area contributed by atoms with E-state index in [9.17, 15) is 0 Å². The van der Waals surface area contributed by atoms with Crippen molar-refractivity contribution in [2.24, 2.45) is 4.99 Å². The molecule has 3 aromatic rings. The number of ether oxygens (including phenoxy) is 1. The molecule has 5 heteroatoms. The largest absolute Gasteiger partial charge is 0.497 e. The molecule has 22 heavy (non-hydrogen) atoms. The summed E-state index contributed by atoms with van der Waals surface area (Å²) in [4.78, 5) is 4.72. The molecule has 1 aliphatic heterocycles. The van der Waals surface area contributed by atoms with Crippen molar-refractivity contribution in [2.45, 2.75) is 6.54 Å². The van der Waals surface area contributed by atoms with Crippen LogP contribution in [0.15, 0.2) is 47.5 Å². The maximum absolute atomic E-state index is 5.99. The third kappa shape index (κ3) is 2.07. The lowest BCUT2D eigenvalue weighted by Crippen LogP contribution is -2.20. The normalized spacial score (nSPS) is 13.8. The first-order chi connectivity index (χ1) is 10.8. The molecule has 0 saturated heterocycles. The molecule has 2 aromatic carbocycles. The van der Waals surface area contributed by atoms with E-state index in [0.717, 1.165) is 51.7 Å². The van der Waals surface area contributed by atoms with Gasteiger partial charge in [0.05, 0.1) is 37.1 Å². The molecular formula is C17H14ClN3O. The van der Waals surface area contributed by atoms with E-state index in [1.807, 2.05) is 47.1 Å². The molecule has 0 atom stereocenters. The summed E-state index contributed by atoms with van der Waals surface area (Å²) < 4.78 is 7.31. The molecule has 0 N–H and O–H groups in total. The van der Waals surface area contributed by atoms with Gasteiger partial charge in [-0.3, -0.25) is 9.67 Å². The zero-order valence-corrected chi connectivity index (χ0v) is 12.8. The fraction of sp³-hybridized carbons (Fsp3) is 0.176. The fourth-order valence-corrected chi connectivity index (χ4v) is 2.95. The quantitative estimate of drug-likeness (QED) is 0.726. The Bertz CT molecular complexity index is 881. The molecule has 0 radical (unpaired) electrons. The zero-order chi connectivity index (χ0) is 15.1. The van der Waals surface area contributed by atoms with E-state index in [-0.39, 0.29) is 0 Å². The van der Waals surface area contributed by atoms with Crippen LogP contribution in [0.4, 0.5) is 0 Å². The minimum atomic E-state index is 0.725. The first-order valence-electron chi connectivity index (χ1n) is 7.11. The highest BCUT2D eigenvalue weighted by molar-refractivity contribution is 6.30. The number of aliphatic imine (C=N–C) groups is 1. The second kappa shape index (κ2) is 5.14. The van der Waals surface area contributed by atoms with E-state index < -0.39 is 0 Å². The molecule has 0 bridgehead atoms. The Labute approximate surface area is 133 Å². The van der Waals surface area contributed by atoms with Crippen LogP contribution in [-0.4, -0.2) is 29.1 Å². The molecule has 1 aromatic heterocycles. The number of hydrogen-bond acceptors (Lipinski definition) is 3. The molecular weight excluding hydrogens is 298 g/mol. The van der Waals surface area contributed by atoms with Crippen molar-refractivity contribution in [3.63, 3.8) is 0 Å². The number of fused-ring (bicyclic) bond motifs is 3. The predicted octanol–water partition coefficient (Wildman–Crippen LogP) is 3.55. The summed E-state index contributed by atoms with van der Waals surface area (Å²) in [6.45, 7) is 1.53. The highest BCUT2D eigenvalue weighted by Crippen LogP contribution is 2.27. The Balaban J connectivity index is 1.91. The summed E-state index contributed by atoms with van der Waals surface area (Å²) in [5.74, 6) is 0.813. The van der Waals surface area contributed by atoms with Gasteiger partial charge in [0.2, 0.25) is 0 Å². The summed E-state index contributed by atoms with van der Waals surface area (Å²) >= 11 is 5.99. The van der Waals surface area contributed by atoms with Gasteiger partial charge in [0.25, 0.3) is 0 Å². The van der Waals surface area contributed by atoms with Crippen LogP contribution in [-0.2, 0) is 6.54 Å². The summed E-state index contributed by atoms with van der Waals surface area (Å²) in [5.41, 5.74) is 4.02. The molecule has 4 nitrogen and oxygen atoms in total. The van der Waals surface area contributed by atoms with Gasteiger partial charge in [0.1, 0.15) is 5.75 Å². The van der Waals surface area contributed by atoms with E-state index >= 15 is 0 Å². The van der Waals surface area contributed by atoms with Crippen LogP contribution >= 0.6 is 11.6 Å². The topological polar surface area (TPSA) is 39.4 Å². The van der Waals surface area contributed by atoms with Gasteiger partial charge in [-0.1, -0.05) is 23.7 Å². The number of methoxy groups -OCH3 is 1. The van der Waals surface area contributed by atoms with Gasteiger partial charge in [-0.05, 0) is 24.3 Å². The number of aromatic nitrogens is 2. The van der Waals surface area contributed by atoms with Crippen LogP contribution in [0.25, 0.3) is 10.9 Å². The summed E-state index contributed by atoms with van der Waals surface area (Å²) in [5, 5.41) is 6.50. The van der Waals surface area contributed by atoms with Crippen LogP contribution in [0.1, 0.15) is 11.3 Å². The number of rotatable bonds is 2. The lowest BCUT2D eigenvalue weighted by atomic mass is 10.0. The third-order valence-corrected chi connectivity index (χ3v) is 4.12. The average molecular weight is 312 g/mol. The Kier molecular flexibility index (Phi) is 3.12. The molecule has 1 aliphatic rings. The zero-order valence-electron chi connectivity index (χ0n) is 12.1. The van der Waals surface area contributed by atoms with Crippen molar-refractivity contribution >= 4 is 28.2 Å². The molecule has 0 fully saturated rings. The molecule has 0 unspecified atom stereocenters. The monoisotopic (exact) mass is 311 g/mol. The first-order valence-corrected chi connectivity index (χ1v) is 7.49. The predicted molar refractivity (Wildman–Crippen MR) is 88.2 cm³/mol. The van der Waals surface area contributed by atoms with Gasteiger partial charge in [-0.2, -0.15) is 5.10 Å². The number of hydrogen-bond donors (Lipinski definition) is 0. The van der Waals surface area contributed by atoms with E-state index in [0.29, 0.717) is 0 Å². The Morgan fingerprint density at radius 2 is 1.95 bits per heavy atom. The van der Waals surface area contributed by atoms with Crippen molar-refractivity contribution in [2.75, 3.05) is 13.7 Å². The number of halogens is 1. The Morgan fingerprint density at radius 3 is 2.73 bits per heavy atom. The number of nitrogens with zero attached hydrogens (tertiary/aromatic N) is 3. The molecule has 0 aliphatic carbocycles. The molecule has 110 valence electrons. The Morgan fingerprint density at radius 1 is 1.14 bits per heavy atom. The fourth-order valence-electron chi connectivity index (χ4n) is 2.82. The van der Waals surface area contributed by atoms with E-state index in [1.54, 1.807) is 7.11 Å². The molecule has 2 heterocycles. The van der Waals surface area contributed by atoms with Crippen molar-refractivity contribution in [3.05, 3.63) is 58.7 Å². The van der Waals surface area contributed by atoms with Crippen LogP contribution in [0.2, 0.25) is 5.02 Å². The lowest BCUT2D eigenvalue weighted by molar-refractivity contribution is 0.415. The maximum Gasteiger partial charge on any atom is 0.121 e. The lowest BCUT2D eigenvalue weighted by Gasteiger charge is -2.15. The summed E-state index contributed by atoms with van der Waals surface area (Å²) in [6, 6.07) is 13.7. The maximum atomic E-state index is 5.99. The minimum absolute atomic E-state index is 0.725. The SMILES string of the molecule is COc1ccc2c3n(nc2c1)CCN=C3c1ccc(Cl)cc1. The molecule has 0 spiro atoms. The van der Waals surface area contributed by atoms with Gasteiger partial charge in [0.15, 0.2) is 0 Å². The van der Waals surface area contributed by atoms with E-state index in [2.05, 4.69) is 5.10 Å². The summed E-state index contributed by atoms with van der Waals surface area (Å²) in [7, 11) is 1.66. The van der Waals surface area contributed by atoms with Crippen molar-refractivity contribution in [3.8, 4) is 5.75 Å². The minimum Gasteiger partial charge on any atom is -0.497 e. The van der Waals surface area contributed by atoms with Gasteiger partial charge < -0.3 is 4.74 Å². The smallest absolute Gasteiger partial charge is 0.121 e. The highest BCUT2D eigenvalue weighted by Gasteiger charge is 2.21. The second-order valence-electron chi connectivity index (χ2n) is 5.19. The van der Waals surface area contributed by atoms with Gasteiger partial charge in [0, 0.05) is 22.0 Å². The third-order valence-electron chi connectivity index (χ3n) is 3.87. The molecule has 0 saturated carbocycles. The molecule has 4 rings (SSSR count). The van der Waals surface area contributed by atoms with Crippen molar-refractivity contribution in [1.82, 2.24) is 9.78 Å². The second-order valence-corrected chi connectivity index (χ2v) is 5.63. The first kappa shape index (κ1) is 13.3. The van der Waals surface area contributed by atoms with Crippen LogP contribution in [0.5, 0.6) is 5.75 Å². The van der Waals surface area contributed by atoms with Gasteiger partial charge in [-0.15, -0.1) is 0 Å².